The van der Waals surface area contributed by atoms with Gasteiger partial charge in [-0.25, -0.2) is 4.39 Å². The van der Waals surface area contributed by atoms with Gasteiger partial charge < -0.3 is 4.74 Å². The smallest absolute Gasteiger partial charge is 0.403 e. The molecule has 0 bridgehead atoms. The maximum Gasteiger partial charge on any atom is 0.573 e. The minimum absolute atomic E-state index is 0.135. The molecule has 1 nitrogen and oxygen atoms in total. The second kappa shape index (κ2) is 7.79. The van der Waals surface area contributed by atoms with Gasteiger partial charge in [-0.2, -0.15) is 0 Å². The van der Waals surface area contributed by atoms with Gasteiger partial charge in [0, 0.05) is 0 Å². The van der Waals surface area contributed by atoms with Crippen LogP contribution >= 0.6 is 0 Å². The van der Waals surface area contributed by atoms with Gasteiger partial charge in [0.25, 0.3) is 0 Å². The first-order chi connectivity index (χ1) is 10.9. The number of halogens is 5. The summed E-state index contributed by atoms with van der Waals surface area (Å²) in [6.45, 7) is -0.364. The lowest BCUT2D eigenvalue weighted by Crippen LogP contribution is -2.18. The van der Waals surface area contributed by atoms with Gasteiger partial charge in [-0.1, -0.05) is 18.2 Å². The van der Waals surface area contributed by atoms with Crippen molar-refractivity contribution in [2.24, 2.45) is 5.92 Å². The molecule has 23 heavy (non-hydrogen) atoms. The molecule has 0 amide bonds. The van der Waals surface area contributed by atoms with Crippen molar-refractivity contribution in [3.8, 4) is 5.75 Å². The molecule has 2 rings (SSSR count). The molecule has 0 spiro atoms. The summed E-state index contributed by atoms with van der Waals surface area (Å²) in [7, 11) is 0. The molecule has 1 aromatic rings. The van der Waals surface area contributed by atoms with Crippen molar-refractivity contribution >= 4 is 0 Å². The Hall–Kier alpha value is -1.59. The van der Waals surface area contributed by atoms with Gasteiger partial charge in [0.05, 0.1) is 6.67 Å². The molecule has 1 fully saturated rings. The Morgan fingerprint density at radius 2 is 1.83 bits per heavy atom. The van der Waals surface area contributed by atoms with E-state index < -0.39 is 17.9 Å². The summed E-state index contributed by atoms with van der Waals surface area (Å²) >= 11 is 0. The van der Waals surface area contributed by atoms with Gasteiger partial charge in [-0.3, -0.25) is 4.39 Å². The SMILES string of the molecule is FCC/C=C/C1CCC(c2ccc(OC(F)(F)F)c(F)c2)CC1. The Balaban J connectivity index is 1.95. The van der Waals surface area contributed by atoms with Crippen LogP contribution in [0.15, 0.2) is 30.4 Å². The molecule has 128 valence electrons. The molecule has 1 aliphatic carbocycles. The van der Waals surface area contributed by atoms with E-state index in [0.29, 0.717) is 17.9 Å². The number of allylic oxidation sites excluding steroid dienone is 2. The molecule has 0 heterocycles. The minimum atomic E-state index is -4.90. The molecule has 0 N–H and O–H groups in total. The molecule has 1 aromatic carbocycles. The molecule has 1 saturated carbocycles. The molecule has 0 unspecified atom stereocenters. The van der Waals surface area contributed by atoms with Crippen LogP contribution in [0.2, 0.25) is 0 Å². The van der Waals surface area contributed by atoms with Gasteiger partial charge in [0.2, 0.25) is 0 Å². The quantitative estimate of drug-likeness (QED) is 0.480. The van der Waals surface area contributed by atoms with E-state index in [1.54, 1.807) is 0 Å². The van der Waals surface area contributed by atoms with E-state index in [1.807, 2.05) is 12.2 Å². The highest BCUT2D eigenvalue weighted by Gasteiger charge is 2.32. The fourth-order valence-electron chi connectivity index (χ4n) is 2.98. The lowest BCUT2D eigenvalue weighted by molar-refractivity contribution is -0.275. The summed E-state index contributed by atoms with van der Waals surface area (Å²) in [5, 5.41) is 0. The van der Waals surface area contributed by atoms with Gasteiger partial charge >= 0.3 is 6.36 Å². The van der Waals surface area contributed by atoms with E-state index in [2.05, 4.69) is 4.74 Å². The summed E-state index contributed by atoms with van der Waals surface area (Å²) in [4.78, 5) is 0. The van der Waals surface area contributed by atoms with Crippen LogP contribution in [-0.2, 0) is 0 Å². The standard InChI is InChI=1S/C17H19F5O/c18-10-2-1-3-12-4-6-13(7-5-12)14-8-9-16(15(19)11-14)23-17(20,21)22/h1,3,8-9,11-13H,2,4-7,10H2/b3-1+. The average Bonchev–Trinajstić information content (AvgIpc) is 2.49. The third kappa shape index (κ3) is 5.52. The van der Waals surface area contributed by atoms with Crippen LogP contribution in [0.25, 0.3) is 0 Å². The fraction of sp³-hybridized carbons (Fsp3) is 0.529. The van der Waals surface area contributed by atoms with Crippen LogP contribution in [-0.4, -0.2) is 13.0 Å². The summed E-state index contributed by atoms with van der Waals surface area (Å²) in [6, 6.07) is 3.66. The van der Waals surface area contributed by atoms with E-state index in [-0.39, 0.29) is 12.6 Å². The Bertz CT molecular complexity index is 530. The molecule has 0 radical (unpaired) electrons. The molecule has 0 aliphatic heterocycles. The number of hydrogen-bond acceptors (Lipinski definition) is 1. The number of ether oxygens (including phenoxy) is 1. The first-order valence-corrected chi connectivity index (χ1v) is 7.67. The van der Waals surface area contributed by atoms with Crippen LogP contribution < -0.4 is 4.74 Å². The number of rotatable bonds is 5. The van der Waals surface area contributed by atoms with Crippen molar-refractivity contribution in [1.29, 1.82) is 0 Å². The first-order valence-electron chi connectivity index (χ1n) is 7.67. The number of benzene rings is 1. The largest absolute Gasteiger partial charge is 0.573 e. The first kappa shape index (κ1) is 17.8. The zero-order chi connectivity index (χ0) is 16.9. The number of alkyl halides is 4. The van der Waals surface area contributed by atoms with Crippen LogP contribution in [0.1, 0.15) is 43.6 Å². The van der Waals surface area contributed by atoms with Crippen LogP contribution in [0.3, 0.4) is 0 Å². The summed E-state index contributed by atoms with van der Waals surface area (Å²) in [6.07, 6.45) is 2.89. The van der Waals surface area contributed by atoms with E-state index in [1.165, 1.54) is 6.07 Å². The molecule has 1 aliphatic rings. The van der Waals surface area contributed by atoms with Crippen molar-refractivity contribution < 1.29 is 26.7 Å². The zero-order valence-electron chi connectivity index (χ0n) is 12.6. The molecular formula is C17H19F5O. The maximum absolute atomic E-state index is 13.7. The Kier molecular flexibility index (Phi) is 6.02. The van der Waals surface area contributed by atoms with E-state index >= 15 is 0 Å². The van der Waals surface area contributed by atoms with Crippen molar-refractivity contribution in [2.45, 2.75) is 44.4 Å². The highest BCUT2D eigenvalue weighted by atomic mass is 19.4. The molecule has 0 atom stereocenters. The van der Waals surface area contributed by atoms with Crippen molar-refractivity contribution in [1.82, 2.24) is 0 Å². The second-order valence-electron chi connectivity index (χ2n) is 5.76. The second-order valence-corrected chi connectivity index (χ2v) is 5.76. The lowest BCUT2D eigenvalue weighted by atomic mass is 9.78. The highest BCUT2D eigenvalue weighted by Crippen LogP contribution is 2.38. The highest BCUT2D eigenvalue weighted by molar-refractivity contribution is 5.31. The third-order valence-electron chi connectivity index (χ3n) is 4.11. The van der Waals surface area contributed by atoms with E-state index in [4.69, 9.17) is 0 Å². The van der Waals surface area contributed by atoms with Gasteiger partial charge in [0.15, 0.2) is 11.6 Å². The molecule has 0 saturated heterocycles. The molecule has 0 aromatic heterocycles. The summed E-state index contributed by atoms with van der Waals surface area (Å²) < 4.78 is 65.8. The minimum Gasteiger partial charge on any atom is -0.403 e. The predicted octanol–water partition coefficient (Wildman–Crippen LogP) is 5.91. The normalized spacial score (nSPS) is 22.5. The molecule has 6 heteroatoms. The van der Waals surface area contributed by atoms with Crippen LogP contribution in [0, 0.1) is 11.7 Å². The monoisotopic (exact) mass is 334 g/mol. The number of hydrogen-bond donors (Lipinski definition) is 0. The molecular weight excluding hydrogens is 315 g/mol. The van der Waals surface area contributed by atoms with Gasteiger partial charge in [-0.15, -0.1) is 13.2 Å². The predicted molar refractivity (Wildman–Crippen MR) is 77.5 cm³/mol. The van der Waals surface area contributed by atoms with E-state index in [9.17, 15) is 22.0 Å². The lowest BCUT2D eigenvalue weighted by Gasteiger charge is -2.27. The Morgan fingerprint density at radius 1 is 1.13 bits per heavy atom. The maximum atomic E-state index is 13.7. The summed E-state index contributed by atoms with van der Waals surface area (Å²) in [5.74, 6) is -1.26. The van der Waals surface area contributed by atoms with Crippen molar-refractivity contribution in [2.75, 3.05) is 6.67 Å². The summed E-state index contributed by atoms with van der Waals surface area (Å²) in [5.41, 5.74) is 0.697. The van der Waals surface area contributed by atoms with Gasteiger partial charge in [-0.05, 0) is 61.6 Å². The fourth-order valence-corrected chi connectivity index (χ4v) is 2.98. The Labute approximate surface area is 132 Å². The van der Waals surface area contributed by atoms with Crippen LogP contribution in [0.5, 0.6) is 5.75 Å². The average molecular weight is 334 g/mol. The third-order valence-corrected chi connectivity index (χ3v) is 4.11. The topological polar surface area (TPSA) is 9.23 Å². The van der Waals surface area contributed by atoms with E-state index in [0.717, 1.165) is 37.8 Å². The van der Waals surface area contributed by atoms with Crippen LogP contribution in [0.4, 0.5) is 22.0 Å². The van der Waals surface area contributed by atoms with Crippen molar-refractivity contribution in [3.63, 3.8) is 0 Å². The zero-order valence-corrected chi connectivity index (χ0v) is 12.6. The Morgan fingerprint density at radius 3 is 2.39 bits per heavy atom. The van der Waals surface area contributed by atoms with Gasteiger partial charge in [0.1, 0.15) is 0 Å². The van der Waals surface area contributed by atoms with Crippen molar-refractivity contribution in [3.05, 3.63) is 41.7 Å².